The number of ether oxygens (including phenoxy) is 1. The van der Waals surface area contributed by atoms with Crippen molar-refractivity contribution in [2.75, 3.05) is 0 Å². The third-order valence-electron chi connectivity index (χ3n) is 4.88. The molecule has 0 aliphatic carbocycles. The molecule has 0 radical (unpaired) electrons. The number of carboxylic acids is 3. The number of hydrogen-bond acceptors (Lipinski definition) is 11. The number of thiocarbonyl (C=S) groups is 2. The summed E-state index contributed by atoms with van der Waals surface area (Å²) in [7, 11) is 0. The van der Waals surface area contributed by atoms with E-state index in [1.54, 1.807) is 12.4 Å². The third-order valence-corrected chi connectivity index (χ3v) is 4.88. The molecule has 0 amide bonds. The molecule has 4 aromatic heterocycles. The van der Waals surface area contributed by atoms with Crippen LogP contribution in [0.15, 0.2) is 96.8 Å². The Morgan fingerprint density at radius 1 is 0.660 bits per heavy atom. The van der Waals surface area contributed by atoms with E-state index in [0.29, 0.717) is 11.3 Å². The Labute approximate surface area is 290 Å². The van der Waals surface area contributed by atoms with Crippen LogP contribution in [-0.2, 0) is 43.4 Å². The summed E-state index contributed by atoms with van der Waals surface area (Å²) < 4.78 is 4.39. The van der Waals surface area contributed by atoms with Crippen molar-refractivity contribution >= 4 is 71.3 Å². The van der Waals surface area contributed by atoms with Gasteiger partial charge >= 0.3 is 37.4 Å². The van der Waals surface area contributed by atoms with Crippen LogP contribution in [0.25, 0.3) is 45.7 Å². The van der Waals surface area contributed by atoms with Crippen molar-refractivity contribution in [1.29, 1.82) is 0 Å². The number of rotatable bonds is 9. The Bertz CT molecular complexity index is 1710. The number of aromatic nitrogens is 4. The van der Waals surface area contributed by atoms with Crippen molar-refractivity contribution in [2.24, 2.45) is 0 Å². The molecule has 47 heavy (non-hydrogen) atoms. The smallest absolute Gasteiger partial charge is 0.753 e. The van der Waals surface area contributed by atoms with Crippen LogP contribution in [-0.4, -0.2) is 70.0 Å². The predicted octanol–water partition coefficient (Wildman–Crippen LogP) is 4.75. The zero-order valence-electron chi connectivity index (χ0n) is 23.6. The van der Waals surface area contributed by atoms with Crippen LogP contribution in [0.3, 0.4) is 0 Å². The average molecular weight is 758 g/mol. The van der Waals surface area contributed by atoms with Gasteiger partial charge in [-0.3, -0.25) is 24.7 Å². The molecule has 0 saturated heterocycles. The van der Waals surface area contributed by atoms with Gasteiger partial charge in [-0.15, -0.1) is 0 Å². The van der Waals surface area contributed by atoms with Gasteiger partial charge < -0.3 is 30.9 Å². The van der Waals surface area contributed by atoms with Crippen LogP contribution in [0.1, 0.15) is 11.1 Å². The van der Waals surface area contributed by atoms with Crippen LogP contribution in [0.5, 0.6) is 0 Å². The molecule has 0 aliphatic rings. The number of isothiocyanates is 2. The fourth-order valence-electron chi connectivity index (χ4n) is 3.11. The first-order valence-corrected chi connectivity index (χ1v) is 12.9. The molecular weight excluding hydrogens is 738 g/mol. The topological polar surface area (TPSA) is 234 Å². The van der Waals surface area contributed by atoms with E-state index in [1.165, 1.54) is 47.0 Å². The van der Waals surface area contributed by atoms with Crippen LogP contribution in [0, 0.1) is 0 Å². The van der Waals surface area contributed by atoms with Gasteiger partial charge in [-0.2, -0.15) is 10.3 Å². The Morgan fingerprint density at radius 2 is 1.06 bits per heavy atom. The number of nitrogens with zero attached hydrogens (tertiary/aromatic N) is 6. The minimum Gasteiger partial charge on any atom is -0.753 e. The van der Waals surface area contributed by atoms with E-state index in [-0.39, 0.29) is 37.2 Å². The first kappa shape index (κ1) is 41.2. The standard InChI is InChI=1S/C18H12N2O8.C10H8N2.2CNS.Ru/c21-9-28-15(18(26)27)8-11-2-4-20-14(7-11)13-6-10(1-3-19-13)5-12(16(22)23)17(24)25;1-3-7-11-9(5-1)10-6-2-4-8-12-10;2*2-1-3;/h1-9H,(H,22,23)(H,24,25)(H,26,27);1-8H;;;/q;;2*-1;+2/b15-8+;;;;. The largest absolute Gasteiger partial charge is 2.00 e. The second kappa shape index (κ2) is 23.6. The number of carbonyl (C=O) groups is 4. The number of aliphatic carboxylic acids is 3. The van der Waals surface area contributed by atoms with Gasteiger partial charge in [-0.1, -0.05) is 36.6 Å². The molecule has 0 atom stereocenters. The van der Waals surface area contributed by atoms with E-state index in [0.717, 1.165) is 23.5 Å². The van der Waals surface area contributed by atoms with Gasteiger partial charge in [0.05, 0.1) is 22.8 Å². The Kier molecular flexibility index (Phi) is 20.6. The number of carbonyl (C=O) groups excluding carboxylic acids is 1. The van der Waals surface area contributed by atoms with Crippen LogP contribution in [0.2, 0.25) is 0 Å². The summed E-state index contributed by atoms with van der Waals surface area (Å²) in [6.45, 7) is -0.0120. The van der Waals surface area contributed by atoms with Gasteiger partial charge in [0.1, 0.15) is 5.57 Å². The van der Waals surface area contributed by atoms with Crippen LogP contribution >= 0.6 is 24.4 Å². The summed E-state index contributed by atoms with van der Waals surface area (Å²) in [5.74, 6) is -5.21. The van der Waals surface area contributed by atoms with Crippen LogP contribution < -0.4 is 0 Å². The van der Waals surface area contributed by atoms with Crippen molar-refractivity contribution in [3.05, 3.63) is 119 Å². The fourth-order valence-corrected chi connectivity index (χ4v) is 3.11. The minimum atomic E-state index is -1.59. The number of hydrogen-bond donors (Lipinski definition) is 3. The molecule has 0 saturated carbocycles. The molecule has 4 rings (SSSR count). The molecule has 14 nitrogen and oxygen atoms in total. The van der Waals surface area contributed by atoms with E-state index in [1.807, 2.05) is 36.4 Å². The molecule has 4 aromatic rings. The summed E-state index contributed by atoms with van der Waals surface area (Å²) in [6.07, 6.45) is 8.32. The summed E-state index contributed by atoms with van der Waals surface area (Å²) in [5, 5.41) is 43.8. The van der Waals surface area contributed by atoms with E-state index in [2.05, 4.69) is 49.1 Å². The summed E-state index contributed by atoms with van der Waals surface area (Å²) >= 11 is 7.40. The number of carboxylic acid groups (broad SMARTS) is 3. The van der Waals surface area contributed by atoms with Crippen molar-refractivity contribution in [3.8, 4) is 22.8 Å². The molecule has 17 heteroatoms. The zero-order valence-corrected chi connectivity index (χ0v) is 26.9. The van der Waals surface area contributed by atoms with E-state index in [9.17, 15) is 19.2 Å². The maximum Gasteiger partial charge on any atom is 2.00 e. The zero-order chi connectivity index (χ0) is 34.3. The van der Waals surface area contributed by atoms with Gasteiger partial charge in [0, 0.05) is 24.8 Å². The predicted molar refractivity (Wildman–Crippen MR) is 173 cm³/mol. The quantitative estimate of drug-likeness (QED) is 0.0306. The molecule has 4 heterocycles. The minimum absolute atomic E-state index is 0. The molecule has 0 aliphatic heterocycles. The van der Waals surface area contributed by atoms with Crippen LogP contribution in [0.4, 0.5) is 0 Å². The monoisotopic (exact) mass is 758 g/mol. The van der Waals surface area contributed by atoms with E-state index >= 15 is 0 Å². The van der Waals surface area contributed by atoms with Crippen molar-refractivity contribution < 1.29 is 58.7 Å². The van der Waals surface area contributed by atoms with Crippen molar-refractivity contribution in [1.82, 2.24) is 19.9 Å². The van der Waals surface area contributed by atoms with Gasteiger partial charge in [-0.25, -0.2) is 14.4 Å². The fraction of sp³-hybridized carbons (Fsp3) is 0. The summed E-state index contributed by atoms with van der Waals surface area (Å²) in [6, 6.07) is 17.4. The Morgan fingerprint density at radius 3 is 1.40 bits per heavy atom. The van der Waals surface area contributed by atoms with Crippen molar-refractivity contribution in [2.45, 2.75) is 0 Å². The molecule has 0 unspecified atom stereocenters. The second-order valence-electron chi connectivity index (χ2n) is 7.76. The van der Waals surface area contributed by atoms with Gasteiger partial charge in [-0.05, 0) is 71.8 Å². The molecule has 3 N–H and O–H groups in total. The normalized spacial score (nSPS) is 9.15. The maximum absolute atomic E-state index is 11.0. The maximum atomic E-state index is 11.0. The number of pyridine rings is 4. The van der Waals surface area contributed by atoms with E-state index in [4.69, 9.17) is 26.1 Å². The second-order valence-corrected chi connectivity index (χ2v) is 8.12. The molecule has 238 valence electrons. The van der Waals surface area contributed by atoms with Gasteiger partial charge in [0.2, 0.25) is 5.76 Å². The van der Waals surface area contributed by atoms with Gasteiger partial charge in [0.15, 0.2) is 0 Å². The average Bonchev–Trinajstić information content (AvgIpc) is 3.05. The molecule has 0 aromatic carbocycles. The molecule has 0 fully saturated rings. The first-order valence-electron chi connectivity index (χ1n) is 12.1. The molecule has 0 spiro atoms. The van der Waals surface area contributed by atoms with E-state index < -0.39 is 29.2 Å². The molecular formula is C30H20N6O8RuS2. The third kappa shape index (κ3) is 15.7. The first-order chi connectivity index (χ1) is 22.1. The Balaban J connectivity index is 0.000000915. The van der Waals surface area contributed by atoms with Gasteiger partial charge in [0.25, 0.3) is 6.47 Å². The van der Waals surface area contributed by atoms with Crippen molar-refractivity contribution in [3.63, 3.8) is 0 Å². The summed E-state index contributed by atoms with van der Waals surface area (Å²) in [5.41, 5.74) is 2.21. The Hall–Kier alpha value is -5.82. The SMILES string of the molecule is O=CO/C(=C/c1ccnc(-c2cc(C=C(C(=O)O)C(=O)O)ccn2)c1)C(=O)O.[N-]=C=S.[N-]=C=S.[Ru+2].c1ccc(-c2ccccn2)nc1. The summed E-state index contributed by atoms with van der Waals surface area (Å²) in [4.78, 5) is 59.9. The molecule has 0 bridgehead atoms.